The molecule has 1 aliphatic heterocycles. The Morgan fingerprint density at radius 3 is 2.52 bits per heavy atom. The van der Waals surface area contributed by atoms with E-state index in [0.29, 0.717) is 12.2 Å². The van der Waals surface area contributed by atoms with Crippen LogP contribution in [0.3, 0.4) is 0 Å². The van der Waals surface area contributed by atoms with Gasteiger partial charge in [0.2, 0.25) is 0 Å². The molecule has 5 heteroatoms. The number of hydrogen-bond acceptors (Lipinski definition) is 4. The minimum Gasteiger partial charge on any atom is -0.427 e. The van der Waals surface area contributed by atoms with E-state index in [2.05, 4.69) is 55.8 Å². The second-order valence-corrected chi connectivity index (χ2v) is 7.56. The number of benzene rings is 1. The third-order valence-corrected chi connectivity index (χ3v) is 5.37. The Hall–Kier alpha value is -1.59. The monoisotopic (exact) mass is 312 g/mol. The maximum Gasteiger partial charge on any atom is 0.451 e. The molecule has 3 rings (SSSR count). The molecule has 4 nitrogen and oxygen atoms in total. The molecule has 122 valence electrons. The molecule has 2 N–H and O–H groups in total. The standard InChI is InChI=1S/C18H25BN2O2/c1-12-7-15-16(8-13(12)2)20-6-5-17(15)21-9-14(10-21)18(3,4)11-19(22)23/h5-8,14,22-23H,9-11H2,1-4H3. The van der Waals surface area contributed by atoms with E-state index in [9.17, 15) is 10.0 Å². The molecule has 0 amide bonds. The first-order valence-corrected chi connectivity index (χ1v) is 8.25. The van der Waals surface area contributed by atoms with E-state index >= 15 is 0 Å². The number of nitrogens with zero attached hydrogens (tertiary/aromatic N) is 2. The van der Waals surface area contributed by atoms with Gasteiger partial charge in [-0.3, -0.25) is 4.98 Å². The summed E-state index contributed by atoms with van der Waals surface area (Å²) in [6.07, 6.45) is 2.29. The smallest absolute Gasteiger partial charge is 0.427 e. The average molecular weight is 312 g/mol. The van der Waals surface area contributed by atoms with Gasteiger partial charge in [-0.05, 0) is 60.8 Å². The van der Waals surface area contributed by atoms with Gasteiger partial charge in [-0.15, -0.1) is 0 Å². The minimum absolute atomic E-state index is 0.0694. The number of rotatable bonds is 4. The number of aromatic nitrogens is 1. The van der Waals surface area contributed by atoms with E-state index in [1.165, 1.54) is 22.2 Å². The van der Waals surface area contributed by atoms with Gasteiger partial charge in [0, 0.05) is 30.4 Å². The Morgan fingerprint density at radius 2 is 1.87 bits per heavy atom. The summed E-state index contributed by atoms with van der Waals surface area (Å²) in [5.41, 5.74) is 4.75. The fraction of sp³-hybridized carbons (Fsp3) is 0.500. The molecule has 0 radical (unpaired) electrons. The van der Waals surface area contributed by atoms with Gasteiger partial charge in [0.15, 0.2) is 0 Å². The highest BCUT2D eigenvalue weighted by Crippen LogP contribution is 2.41. The third-order valence-electron chi connectivity index (χ3n) is 5.37. The Kier molecular flexibility index (Phi) is 4.11. The van der Waals surface area contributed by atoms with Crippen molar-refractivity contribution in [3.05, 3.63) is 35.5 Å². The van der Waals surface area contributed by atoms with Crippen molar-refractivity contribution in [1.29, 1.82) is 0 Å². The SMILES string of the molecule is Cc1cc2nccc(N3CC(C(C)(C)CB(O)O)C3)c2cc1C. The van der Waals surface area contributed by atoms with Crippen molar-refractivity contribution in [3.8, 4) is 0 Å². The second-order valence-electron chi connectivity index (χ2n) is 7.56. The fourth-order valence-corrected chi connectivity index (χ4v) is 3.47. The lowest BCUT2D eigenvalue weighted by molar-refractivity contribution is 0.182. The molecular formula is C18H25BN2O2. The van der Waals surface area contributed by atoms with Crippen LogP contribution in [0.2, 0.25) is 6.32 Å². The predicted octanol–water partition coefficient (Wildman–Crippen LogP) is 2.79. The van der Waals surface area contributed by atoms with Crippen molar-refractivity contribution in [2.24, 2.45) is 11.3 Å². The molecular weight excluding hydrogens is 287 g/mol. The van der Waals surface area contributed by atoms with Crippen LogP contribution in [-0.4, -0.2) is 35.2 Å². The molecule has 1 saturated heterocycles. The van der Waals surface area contributed by atoms with Gasteiger partial charge in [0.05, 0.1) is 5.52 Å². The lowest BCUT2D eigenvalue weighted by atomic mass is 9.62. The van der Waals surface area contributed by atoms with Gasteiger partial charge in [-0.2, -0.15) is 0 Å². The average Bonchev–Trinajstić information content (AvgIpc) is 2.37. The summed E-state index contributed by atoms with van der Waals surface area (Å²) in [5, 5.41) is 19.7. The van der Waals surface area contributed by atoms with Crippen LogP contribution in [0.4, 0.5) is 5.69 Å². The first-order chi connectivity index (χ1) is 10.8. The van der Waals surface area contributed by atoms with Crippen LogP contribution in [-0.2, 0) is 0 Å². The maximum atomic E-state index is 9.27. The van der Waals surface area contributed by atoms with Gasteiger partial charge in [0.1, 0.15) is 0 Å². The molecule has 0 atom stereocenters. The van der Waals surface area contributed by atoms with Crippen molar-refractivity contribution in [3.63, 3.8) is 0 Å². The first-order valence-electron chi connectivity index (χ1n) is 8.25. The quantitative estimate of drug-likeness (QED) is 0.853. The highest BCUT2D eigenvalue weighted by molar-refractivity contribution is 6.41. The van der Waals surface area contributed by atoms with Crippen LogP contribution in [0.1, 0.15) is 25.0 Å². The topological polar surface area (TPSA) is 56.6 Å². The third kappa shape index (κ3) is 3.08. The lowest BCUT2D eigenvalue weighted by Crippen LogP contribution is -2.53. The molecule has 0 bridgehead atoms. The van der Waals surface area contributed by atoms with Crippen LogP contribution in [0.15, 0.2) is 24.4 Å². The van der Waals surface area contributed by atoms with Crippen molar-refractivity contribution < 1.29 is 10.0 Å². The van der Waals surface area contributed by atoms with Crippen molar-refractivity contribution in [1.82, 2.24) is 4.98 Å². The Balaban J connectivity index is 1.83. The molecule has 1 aromatic carbocycles. The Labute approximate surface area is 138 Å². The van der Waals surface area contributed by atoms with Crippen molar-refractivity contribution in [2.75, 3.05) is 18.0 Å². The van der Waals surface area contributed by atoms with Crippen LogP contribution in [0, 0.1) is 25.2 Å². The van der Waals surface area contributed by atoms with E-state index in [-0.39, 0.29) is 5.41 Å². The summed E-state index contributed by atoms with van der Waals surface area (Å²) < 4.78 is 0. The summed E-state index contributed by atoms with van der Waals surface area (Å²) in [7, 11) is -1.23. The highest BCUT2D eigenvalue weighted by Gasteiger charge is 2.41. The molecule has 0 unspecified atom stereocenters. The highest BCUT2D eigenvalue weighted by atomic mass is 16.4. The van der Waals surface area contributed by atoms with Gasteiger partial charge >= 0.3 is 7.12 Å². The summed E-state index contributed by atoms with van der Waals surface area (Å²) in [6, 6.07) is 6.46. The van der Waals surface area contributed by atoms with Gasteiger partial charge < -0.3 is 14.9 Å². The second kappa shape index (κ2) is 5.80. The zero-order valence-corrected chi connectivity index (χ0v) is 14.4. The van der Waals surface area contributed by atoms with E-state index < -0.39 is 7.12 Å². The summed E-state index contributed by atoms with van der Waals surface area (Å²) in [4.78, 5) is 6.87. The summed E-state index contributed by atoms with van der Waals surface area (Å²) >= 11 is 0. The van der Waals surface area contributed by atoms with Gasteiger partial charge in [-0.1, -0.05) is 13.8 Å². The first kappa shape index (κ1) is 16.3. The van der Waals surface area contributed by atoms with E-state index in [0.717, 1.165) is 18.6 Å². The Morgan fingerprint density at radius 1 is 1.22 bits per heavy atom. The van der Waals surface area contributed by atoms with Crippen LogP contribution >= 0.6 is 0 Å². The molecule has 2 aromatic rings. The van der Waals surface area contributed by atoms with E-state index in [1.807, 2.05) is 6.20 Å². The van der Waals surface area contributed by atoms with Gasteiger partial charge in [0.25, 0.3) is 0 Å². The zero-order valence-electron chi connectivity index (χ0n) is 14.4. The normalized spacial score (nSPS) is 15.8. The fourth-order valence-electron chi connectivity index (χ4n) is 3.47. The van der Waals surface area contributed by atoms with Crippen LogP contribution in [0.25, 0.3) is 10.9 Å². The molecule has 1 fully saturated rings. The molecule has 23 heavy (non-hydrogen) atoms. The van der Waals surface area contributed by atoms with Gasteiger partial charge in [-0.25, -0.2) is 0 Å². The number of hydrogen-bond donors (Lipinski definition) is 2. The molecule has 1 aromatic heterocycles. The summed E-state index contributed by atoms with van der Waals surface area (Å²) in [6.45, 7) is 10.4. The minimum atomic E-state index is -1.23. The summed E-state index contributed by atoms with van der Waals surface area (Å²) in [5.74, 6) is 0.471. The van der Waals surface area contributed by atoms with E-state index in [1.54, 1.807) is 0 Å². The molecule has 1 aliphatic rings. The Bertz CT molecular complexity index is 724. The number of aryl methyl sites for hydroxylation is 2. The van der Waals surface area contributed by atoms with Crippen LogP contribution in [0.5, 0.6) is 0 Å². The molecule has 0 aliphatic carbocycles. The largest absolute Gasteiger partial charge is 0.451 e. The lowest BCUT2D eigenvalue weighted by Gasteiger charge is -2.49. The zero-order chi connectivity index (χ0) is 16.8. The van der Waals surface area contributed by atoms with E-state index in [4.69, 9.17) is 0 Å². The molecule has 2 heterocycles. The van der Waals surface area contributed by atoms with Crippen LogP contribution < -0.4 is 4.90 Å². The number of pyridine rings is 1. The molecule has 0 saturated carbocycles. The van der Waals surface area contributed by atoms with Crippen molar-refractivity contribution in [2.45, 2.75) is 34.0 Å². The maximum absolute atomic E-state index is 9.27. The predicted molar refractivity (Wildman–Crippen MR) is 95.7 cm³/mol. The number of anilines is 1. The van der Waals surface area contributed by atoms with Crippen molar-refractivity contribution >= 4 is 23.7 Å². The number of fused-ring (bicyclic) bond motifs is 1. The molecule has 0 spiro atoms.